The highest BCUT2D eigenvalue weighted by Crippen LogP contribution is 2.28. The summed E-state index contributed by atoms with van der Waals surface area (Å²) in [4.78, 5) is 33.6. The van der Waals surface area contributed by atoms with E-state index in [2.05, 4.69) is 30.5 Å². The Morgan fingerprint density at radius 1 is 1.10 bits per heavy atom. The molecule has 1 fully saturated rings. The van der Waals surface area contributed by atoms with E-state index in [4.69, 9.17) is 0 Å². The van der Waals surface area contributed by atoms with Crippen molar-refractivity contribution >= 4 is 11.8 Å². The third-order valence-electron chi connectivity index (χ3n) is 5.76. The van der Waals surface area contributed by atoms with Crippen molar-refractivity contribution in [2.24, 2.45) is 7.05 Å². The van der Waals surface area contributed by atoms with Crippen LogP contribution in [-0.4, -0.2) is 77.3 Å². The third kappa shape index (κ3) is 3.67. The van der Waals surface area contributed by atoms with E-state index in [1.165, 1.54) is 11.0 Å². The fourth-order valence-corrected chi connectivity index (χ4v) is 4.13. The first-order valence-electron chi connectivity index (χ1n) is 10.2. The number of fused-ring (bicyclic) bond motifs is 3. The third-order valence-corrected chi connectivity index (χ3v) is 5.76. The van der Waals surface area contributed by atoms with Crippen LogP contribution < -0.4 is 5.32 Å². The molecule has 1 N–H and O–H groups in total. The number of rotatable bonds is 4. The predicted octanol–water partition coefficient (Wildman–Crippen LogP) is -0.151. The van der Waals surface area contributed by atoms with E-state index >= 15 is 0 Å². The smallest absolute Gasteiger partial charge is 0.293 e. The molecule has 11 nitrogen and oxygen atoms in total. The second kappa shape index (κ2) is 7.91. The number of nitrogens with one attached hydrogen (secondary N) is 1. The van der Waals surface area contributed by atoms with Crippen LogP contribution in [0.25, 0.3) is 0 Å². The number of aromatic nitrogens is 6. The fourth-order valence-electron chi connectivity index (χ4n) is 4.13. The van der Waals surface area contributed by atoms with E-state index in [-0.39, 0.29) is 23.7 Å². The molecule has 0 aliphatic carbocycles. The van der Waals surface area contributed by atoms with Crippen molar-refractivity contribution in [2.75, 3.05) is 26.2 Å². The molecule has 0 radical (unpaired) electrons. The highest BCUT2D eigenvalue weighted by molar-refractivity contribution is 5.91. The summed E-state index contributed by atoms with van der Waals surface area (Å²) < 4.78 is 3.38. The summed E-state index contributed by atoms with van der Waals surface area (Å²) in [5.41, 5.74) is 1.02. The number of piperazine rings is 1. The summed E-state index contributed by atoms with van der Waals surface area (Å²) in [6, 6.07) is 9.62. The molecule has 1 saturated heterocycles. The Kier molecular flexibility index (Phi) is 4.94. The molecule has 2 aliphatic heterocycles. The maximum Gasteiger partial charge on any atom is 0.293 e. The van der Waals surface area contributed by atoms with Crippen LogP contribution in [0.3, 0.4) is 0 Å². The summed E-state index contributed by atoms with van der Waals surface area (Å²) in [6.07, 6.45) is 1.51. The zero-order valence-electron chi connectivity index (χ0n) is 17.2. The molecule has 0 spiro atoms. The number of hydrogen-bond donors (Lipinski definition) is 1. The molecular weight excluding hydrogens is 398 g/mol. The summed E-state index contributed by atoms with van der Waals surface area (Å²) in [5.74, 6) is 0.757. The Balaban J connectivity index is 1.31. The zero-order valence-corrected chi connectivity index (χ0v) is 17.2. The normalized spacial score (nSPS) is 18.4. The van der Waals surface area contributed by atoms with Crippen molar-refractivity contribution in [1.82, 2.24) is 44.6 Å². The first-order valence-corrected chi connectivity index (χ1v) is 10.2. The molecular formula is C20H23N9O2. The van der Waals surface area contributed by atoms with Gasteiger partial charge in [-0.1, -0.05) is 30.3 Å². The van der Waals surface area contributed by atoms with Crippen molar-refractivity contribution in [2.45, 2.75) is 19.1 Å². The van der Waals surface area contributed by atoms with Crippen LogP contribution in [0.5, 0.6) is 0 Å². The molecule has 5 rings (SSSR count). The van der Waals surface area contributed by atoms with Crippen molar-refractivity contribution < 1.29 is 9.59 Å². The molecule has 1 unspecified atom stereocenters. The van der Waals surface area contributed by atoms with Crippen LogP contribution in [0.2, 0.25) is 0 Å². The quantitative estimate of drug-likeness (QED) is 0.623. The van der Waals surface area contributed by atoms with Gasteiger partial charge in [-0.15, -0.1) is 15.3 Å². The number of amides is 2. The maximum absolute atomic E-state index is 12.8. The van der Waals surface area contributed by atoms with Crippen LogP contribution in [0.1, 0.15) is 38.7 Å². The van der Waals surface area contributed by atoms with E-state index in [0.717, 1.165) is 18.7 Å². The van der Waals surface area contributed by atoms with Gasteiger partial charge < -0.3 is 14.8 Å². The lowest BCUT2D eigenvalue weighted by molar-refractivity contribution is 0.0364. The van der Waals surface area contributed by atoms with Crippen LogP contribution in [0.4, 0.5) is 0 Å². The van der Waals surface area contributed by atoms with E-state index in [0.29, 0.717) is 37.8 Å². The highest BCUT2D eigenvalue weighted by Gasteiger charge is 2.38. The van der Waals surface area contributed by atoms with Gasteiger partial charge in [0.1, 0.15) is 6.33 Å². The van der Waals surface area contributed by atoms with Crippen LogP contribution in [-0.2, 0) is 20.1 Å². The van der Waals surface area contributed by atoms with Gasteiger partial charge in [-0.2, -0.15) is 0 Å². The largest absolute Gasteiger partial charge is 0.345 e. The Bertz CT molecular complexity index is 1110. The lowest BCUT2D eigenvalue weighted by Gasteiger charge is -2.43. The molecule has 0 bridgehead atoms. The number of hydrogen-bond acceptors (Lipinski definition) is 7. The van der Waals surface area contributed by atoms with Gasteiger partial charge in [-0.3, -0.25) is 19.2 Å². The zero-order chi connectivity index (χ0) is 21.4. The first kappa shape index (κ1) is 19.4. The Hall–Kier alpha value is -3.60. The molecule has 3 aromatic rings. The van der Waals surface area contributed by atoms with Gasteiger partial charge in [0.25, 0.3) is 11.8 Å². The van der Waals surface area contributed by atoms with Gasteiger partial charge in [-0.05, 0) is 5.56 Å². The average Bonchev–Trinajstić information content (AvgIpc) is 3.44. The summed E-state index contributed by atoms with van der Waals surface area (Å²) in [5, 5.41) is 15.5. The summed E-state index contributed by atoms with van der Waals surface area (Å²) >= 11 is 0. The second-order valence-electron chi connectivity index (χ2n) is 7.75. The molecule has 2 amide bonds. The standard InChI is InChI=1S/C20H23N9O2/c1-26-13-22-16(25-26)20(31)28-8-7-27-9-10-29-17(15(27)12-28)23-24-18(29)19(30)21-11-14-5-3-2-4-6-14/h2-6,13,15H,7-12H2,1H3,(H,21,30). The Labute approximate surface area is 178 Å². The van der Waals surface area contributed by atoms with Crippen molar-refractivity contribution in [3.8, 4) is 0 Å². The molecule has 11 heteroatoms. The molecule has 160 valence electrons. The van der Waals surface area contributed by atoms with E-state index < -0.39 is 0 Å². The number of nitrogens with zero attached hydrogens (tertiary/aromatic N) is 8. The van der Waals surface area contributed by atoms with Crippen molar-refractivity contribution in [3.05, 3.63) is 59.7 Å². The summed E-state index contributed by atoms with van der Waals surface area (Å²) in [7, 11) is 1.73. The molecule has 0 saturated carbocycles. The number of carbonyl (C=O) groups excluding carboxylic acids is 2. The highest BCUT2D eigenvalue weighted by atomic mass is 16.2. The van der Waals surface area contributed by atoms with Gasteiger partial charge in [0.15, 0.2) is 5.82 Å². The van der Waals surface area contributed by atoms with Gasteiger partial charge in [0, 0.05) is 46.3 Å². The minimum atomic E-state index is -0.252. The van der Waals surface area contributed by atoms with Crippen LogP contribution >= 0.6 is 0 Å². The summed E-state index contributed by atoms with van der Waals surface area (Å²) in [6.45, 7) is 3.64. The SMILES string of the molecule is Cn1cnc(C(=O)N2CCN3CCn4c(C(=O)NCc5ccccc5)nnc4C3C2)n1. The van der Waals surface area contributed by atoms with Gasteiger partial charge in [-0.25, -0.2) is 4.98 Å². The van der Waals surface area contributed by atoms with Crippen molar-refractivity contribution in [3.63, 3.8) is 0 Å². The minimum Gasteiger partial charge on any atom is -0.345 e. The number of carbonyl (C=O) groups is 2. The van der Waals surface area contributed by atoms with Gasteiger partial charge in [0.2, 0.25) is 11.6 Å². The lowest BCUT2D eigenvalue weighted by Crippen LogP contribution is -2.54. The lowest BCUT2D eigenvalue weighted by atomic mass is 10.1. The van der Waals surface area contributed by atoms with Crippen molar-refractivity contribution in [1.29, 1.82) is 0 Å². The van der Waals surface area contributed by atoms with E-state index in [9.17, 15) is 9.59 Å². The minimum absolute atomic E-state index is 0.113. The topological polar surface area (TPSA) is 114 Å². The monoisotopic (exact) mass is 421 g/mol. The molecule has 2 aliphatic rings. The number of aryl methyl sites for hydroxylation is 1. The first-order chi connectivity index (χ1) is 15.1. The molecule has 2 aromatic heterocycles. The molecule has 1 aromatic carbocycles. The number of benzene rings is 1. The molecule has 1 atom stereocenters. The van der Waals surface area contributed by atoms with E-state index in [1.807, 2.05) is 34.9 Å². The van der Waals surface area contributed by atoms with E-state index in [1.54, 1.807) is 11.9 Å². The maximum atomic E-state index is 12.8. The van der Waals surface area contributed by atoms with Crippen LogP contribution in [0, 0.1) is 0 Å². The molecule has 31 heavy (non-hydrogen) atoms. The second-order valence-corrected chi connectivity index (χ2v) is 7.75. The Morgan fingerprint density at radius 3 is 2.68 bits per heavy atom. The Morgan fingerprint density at radius 2 is 1.90 bits per heavy atom. The van der Waals surface area contributed by atoms with Crippen LogP contribution in [0.15, 0.2) is 36.7 Å². The predicted molar refractivity (Wildman–Crippen MR) is 109 cm³/mol. The van der Waals surface area contributed by atoms with Gasteiger partial charge in [0.05, 0.1) is 6.04 Å². The van der Waals surface area contributed by atoms with Gasteiger partial charge >= 0.3 is 0 Å². The average molecular weight is 421 g/mol. The fraction of sp³-hybridized carbons (Fsp3) is 0.400. The molecule has 4 heterocycles.